The number of hydrogen-bond donors (Lipinski definition) is 1. The summed E-state index contributed by atoms with van der Waals surface area (Å²) >= 11 is 1.83. The summed E-state index contributed by atoms with van der Waals surface area (Å²) in [6, 6.07) is 13.2. The van der Waals surface area contributed by atoms with E-state index >= 15 is 0 Å². The molecule has 0 bridgehead atoms. The molecule has 1 N–H and O–H groups in total. The lowest BCUT2D eigenvalue weighted by Crippen LogP contribution is -2.20. The van der Waals surface area contributed by atoms with E-state index in [0.717, 1.165) is 25.3 Å². The molecule has 0 radical (unpaired) electrons. The van der Waals surface area contributed by atoms with Gasteiger partial charge in [-0.3, -0.25) is 0 Å². The molecule has 1 aromatic carbocycles. The Kier molecular flexibility index (Phi) is 6.77. The Morgan fingerprint density at radius 3 is 2.76 bits per heavy atom. The van der Waals surface area contributed by atoms with Crippen molar-refractivity contribution in [2.45, 2.75) is 45.7 Å². The first-order chi connectivity index (χ1) is 10.3. The summed E-state index contributed by atoms with van der Waals surface area (Å²) in [5, 5.41) is 5.83. The molecule has 2 aromatic rings. The Bertz CT molecular complexity index is 510. The Hall–Kier alpha value is -1.32. The van der Waals surface area contributed by atoms with Gasteiger partial charge < -0.3 is 10.1 Å². The first kappa shape index (κ1) is 16.1. The molecule has 1 heterocycles. The highest BCUT2D eigenvalue weighted by Gasteiger charge is 2.10. The highest BCUT2D eigenvalue weighted by atomic mass is 32.1. The second-order valence-electron chi connectivity index (χ2n) is 5.23. The zero-order valence-corrected chi connectivity index (χ0v) is 13.8. The number of rotatable bonds is 9. The lowest BCUT2D eigenvalue weighted by atomic mass is 10.1. The summed E-state index contributed by atoms with van der Waals surface area (Å²) in [5.41, 5.74) is 1.28. The average molecular weight is 303 g/mol. The van der Waals surface area contributed by atoms with Crippen LogP contribution in [0.3, 0.4) is 0 Å². The fraction of sp³-hybridized carbons (Fsp3) is 0.444. The first-order valence-electron chi connectivity index (χ1n) is 7.82. The predicted octanol–water partition coefficient (Wildman–Crippen LogP) is 5.17. The molecule has 114 valence electrons. The van der Waals surface area contributed by atoms with Gasteiger partial charge in [-0.05, 0) is 42.0 Å². The van der Waals surface area contributed by atoms with Gasteiger partial charge in [-0.15, -0.1) is 11.3 Å². The number of ether oxygens (including phenoxy) is 1. The Balaban J connectivity index is 1.94. The third-order valence-electron chi connectivity index (χ3n) is 3.39. The molecular formula is C18H25NOS. The largest absolute Gasteiger partial charge is 0.494 e. The van der Waals surface area contributed by atoms with Gasteiger partial charge in [-0.25, -0.2) is 0 Å². The molecule has 1 atom stereocenters. The normalized spacial score (nSPS) is 12.3. The van der Waals surface area contributed by atoms with Crippen molar-refractivity contribution in [3.8, 4) is 5.75 Å². The quantitative estimate of drug-likeness (QED) is 0.690. The highest BCUT2D eigenvalue weighted by molar-refractivity contribution is 7.10. The van der Waals surface area contributed by atoms with Crippen molar-refractivity contribution in [2.75, 3.05) is 6.61 Å². The summed E-state index contributed by atoms with van der Waals surface area (Å²) in [4.78, 5) is 1.43. The Morgan fingerprint density at radius 1 is 1.14 bits per heavy atom. The van der Waals surface area contributed by atoms with Gasteiger partial charge in [0.2, 0.25) is 0 Å². The van der Waals surface area contributed by atoms with Crippen LogP contribution in [0.4, 0.5) is 0 Å². The predicted molar refractivity (Wildman–Crippen MR) is 91.0 cm³/mol. The number of benzene rings is 1. The van der Waals surface area contributed by atoms with Gasteiger partial charge in [0, 0.05) is 17.5 Å². The Morgan fingerprint density at radius 2 is 2.05 bits per heavy atom. The van der Waals surface area contributed by atoms with Crippen LogP contribution in [0.25, 0.3) is 0 Å². The molecule has 21 heavy (non-hydrogen) atoms. The van der Waals surface area contributed by atoms with Crippen LogP contribution in [-0.4, -0.2) is 6.61 Å². The summed E-state index contributed by atoms with van der Waals surface area (Å²) in [7, 11) is 0. The van der Waals surface area contributed by atoms with Crippen molar-refractivity contribution in [1.29, 1.82) is 0 Å². The van der Waals surface area contributed by atoms with E-state index < -0.39 is 0 Å². The van der Waals surface area contributed by atoms with Crippen LogP contribution < -0.4 is 10.1 Å². The van der Waals surface area contributed by atoms with Crippen LogP contribution >= 0.6 is 11.3 Å². The topological polar surface area (TPSA) is 21.3 Å². The molecule has 3 heteroatoms. The zero-order valence-electron chi connectivity index (χ0n) is 13.0. The molecule has 0 amide bonds. The van der Waals surface area contributed by atoms with Crippen LogP contribution in [0.1, 0.15) is 49.6 Å². The monoisotopic (exact) mass is 303 g/mol. The molecule has 0 saturated carbocycles. The summed E-state index contributed by atoms with van der Waals surface area (Å²) < 4.78 is 5.70. The molecule has 1 aromatic heterocycles. The van der Waals surface area contributed by atoms with Crippen molar-refractivity contribution in [2.24, 2.45) is 0 Å². The van der Waals surface area contributed by atoms with Gasteiger partial charge in [-0.1, -0.05) is 38.5 Å². The molecular weight excluding hydrogens is 278 g/mol. The van der Waals surface area contributed by atoms with E-state index in [1.807, 2.05) is 17.4 Å². The molecule has 1 unspecified atom stereocenters. The van der Waals surface area contributed by atoms with Crippen LogP contribution in [0.2, 0.25) is 0 Å². The van der Waals surface area contributed by atoms with Gasteiger partial charge in [0.1, 0.15) is 5.75 Å². The highest BCUT2D eigenvalue weighted by Crippen LogP contribution is 2.24. The van der Waals surface area contributed by atoms with Gasteiger partial charge in [0.25, 0.3) is 0 Å². The van der Waals surface area contributed by atoms with E-state index in [9.17, 15) is 0 Å². The van der Waals surface area contributed by atoms with E-state index in [4.69, 9.17) is 4.74 Å². The maximum Gasteiger partial charge on any atom is 0.119 e. The third-order valence-corrected chi connectivity index (χ3v) is 4.37. The van der Waals surface area contributed by atoms with Crippen molar-refractivity contribution in [1.82, 2.24) is 5.32 Å². The van der Waals surface area contributed by atoms with E-state index in [1.54, 1.807) is 0 Å². The summed E-state index contributed by atoms with van der Waals surface area (Å²) in [6.07, 6.45) is 3.40. The minimum absolute atomic E-state index is 0.454. The molecule has 0 aliphatic carbocycles. The average Bonchev–Trinajstić information content (AvgIpc) is 3.04. The van der Waals surface area contributed by atoms with E-state index in [-0.39, 0.29) is 0 Å². The molecule has 0 saturated heterocycles. The summed E-state index contributed by atoms with van der Waals surface area (Å²) in [5.74, 6) is 0.972. The molecule has 2 rings (SSSR count). The molecule has 2 nitrogen and oxygen atoms in total. The van der Waals surface area contributed by atoms with Crippen LogP contribution in [0, 0.1) is 0 Å². The second kappa shape index (κ2) is 8.85. The van der Waals surface area contributed by atoms with Gasteiger partial charge in [-0.2, -0.15) is 0 Å². The van der Waals surface area contributed by atoms with Crippen LogP contribution in [0.5, 0.6) is 5.75 Å². The fourth-order valence-corrected chi connectivity index (χ4v) is 3.17. The smallest absolute Gasteiger partial charge is 0.119 e. The molecule has 0 spiro atoms. The minimum atomic E-state index is 0.454. The van der Waals surface area contributed by atoms with E-state index in [1.165, 1.54) is 23.3 Å². The fourth-order valence-electron chi connectivity index (χ4n) is 2.33. The van der Waals surface area contributed by atoms with Gasteiger partial charge in [0.15, 0.2) is 0 Å². The SMILES string of the molecule is CCCOc1cccc(CNC(CCC)c2cccs2)c1. The van der Waals surface area contributed by atoms with E-state index in [2.05, 4.69) is 54.9 Å². The standard InChI is InChI=1S/C18H25NOS/c1-3-7-17(18-10-6-12-21-18)19-14-15-8-5-9-16(13-15)20-11-4-2/h5-6,8-10,12-13,17,19H,3-4,7,11,14H2,1-2H3. The summed E-state index contributed by atoms with van der Waals surface area (Å²) in [6.45, 7) is 6.03. The van der Waals surface area contributed by atoms with Gasteiger partial charge >= 0.3 is 0 Å². The first-order valence-corrected chi connectivity index (χ1v) is 8.70. The lowest BCUT2D eigenvalue weighted by molar-refractivity contribution is 0.317. The van der Waals surface area contributed by atoms with Crippen molar-refractivity contribution in [3.63, 3.8) is 0 Å². The number of hydrogen-bond acceptors (Lipinski definition) is 3. The maximum absolute atomic E-state index is 5.70. The maximum atomic E-state index is 5.70. The van der Waals surface area contributed by atoms with E-state index in [0.29, 0.717) is 6.04 Å². The Labute approximate surface area is 132 Å². The molecule has 0 aliphatic heterocycles. The zero-order chi connectivity index (χ0) is 14.9. The number of nitrogens with one attached hydrogen (secondary N) is 1. The molecule has 0 fully saturated rings. The van der Waals surface area contributed by atoms with Crippen LogP contribution in [0.15, 0.2) is 41.8 Å². The third kappa shape index (κ3) is 5.18. The molecule has 0 aliphatic rings. The van der Waals surface area contributed by atoms with Crippen molar-refractivity contribution >= 4 is 11.3 Å². The van der Waals surface area contributed by atoms with Gasteiger partial charge in [0.05, 0.1) is 6.61 Å². The van der Waals surface area contributed by atoms with Crippen molar-refractivity contribution < 1.29 is 4.74 Å². The lowest BCUT2D eigenvalue weighted by Gasteiger charge is -2.17. The number of thiophene rings is 1. The minimum Gasteiger partial charge on any atom is -0.494 e. The second-order valence-corrected chi connectivity index (χ2v) is 6.21. The van der Waals surface area contributed by atoms with Crippen LogP contribution in [-0.2, 0) is 6.54 Å². The van der Waals surface area contributed by atoms with Crippen molar-refractivity contribution in [3.05, 3.63) is 52.2 Å².